The molecule has 2 aliphatic heterocycles. The van der Waals surface area contributed by atoms with Gasteiger partial charge >= 0.3 is 0 Å². The van der Waals surface area contributed by atoms with Gasteiger partial charge in [-0.15, -0.1) is 0 Å². The van der Waals surface area contributed by atoms with Crippen molar-refractivity contribution in [3.8, 4) is 11.5 Å². The van der Waals surface area contributed by atoms with Gasteiger partial charge in [0.1, 0.15) is 13.2 Å². The molecule has 6 nitrogen and oxygen atoms in total. The van der Waals surface area contributed by atoms with E-state index in [1.54, 1.807) is 18.2 Å². The molecular weight excluding hydrogens is 292 g/mol. The molecule has 116 valence electrons. The van der Waals surface area contributed by atoms with Crippen LogP contribution in [0.25, 0.3) is 0 Å². The molecule has 3 rings (SSSR count). The number of fused-ring (bicyclic) bond motifs is 1. The molecule has 0 atom stereocenters. The van der Waals surface area contributed by atoms with E-state index in [-0.39, 0.29) is 11.7 Å². The molecule has 1 saturated heterocycles. The van der Waals surface area contributed by atoms with Crippen molar-refractivity contribution >= 4 is 15.7 Å². The highest BCUT2D eigenvalue weighted by atomic mass is 32.2. The number of benzene rings is 1. The normalized spacial score (nSPS) is 19.2. The van der Waals surface area contributed by atoms with E-state index in [1.165, 1.54) is 0 Å². The van der Waals surface area contributed by atoms with E-state index in [2.05, 4.69) is 10.0 Å². The molecule has 2 heterocycles. The Morgan fingerprint density at radius 2 is 1.86 bits per heavy atom. The molecule has 2 N–H and O–H groups in total. The molecule has 1 aromatic rings. The Kier molecular flexibility index (Phi) is 4.21. The lowest BCUT2D eigenvalue weighted by Crippen LogP contribution is -2.33. The van der Waals surface area contributed by atoms with Crippen molar-refractivity contribution in [1.29, 1.82) is 0 Å². The number of anilines is 1. The van der Waals surface area contributed by atoms with Crippen LogP contribution in [0, 0.1) is 5.92 Å². The average Bonchev–Trinajstić information content (AvgIpc) is 2.47. The number of hydrogen-bond acceptors (Lipinski definition) is 5. The molecule has 2 aliphatic rings. The Labute approximate surface area is 124 Å². The van der Waals surface area contributed by atoms with Crippen LogP contribution in [0.2, 0.25) is 0 Å². The van der Waals surface area contributed by atoms with Crippen molar-refractivity contribution in [1.82, 2.24) is 5.32 Å². The van der Waals surface area contributed by atoms with Crippen molar-refractivity contribution < 1.29 is 17.9 Å². The summed E-state index contributed by atoms with van der Waals surface area (Å²) in [5.74, 6) is 1.63. The molecule has 0 amide bonds. The van der Waals surface area contributed by atoms with Crippen LogP contribution in [0.15, 0.2) is 18.2 Å². The van der Waals surface area contributed by atoms with Gasteiger partial charge in [0.25, 0.3) is 0 Å². The molecule has 0 aromatic heterocycles. The third-order valence-electron chi connectivity index (χ3n) is 3.73. The zero-order valence-electron chi connectivity index (χ0n) is 11.8. The SMILES string of the molecule is O=S(=O)(CC1CCNCC1)Nc1ccc2c(c1)OCCO2. The molecule has 21 heavy (non-hydrogen) atoms. The fraction of sp³-hybridized carbons (Fsp3) is 0.571. The Morgan fingerprint density at radius 3 is 2.62 bits per heavy atom. The van der Waals surface area contributed by atoms with Gasteiger partial charge in [0.2, 0.25) is 10.0 Å². The van der Waals surface area contributed by atoms with Crippen LogP contribution < -0.4 is 19.5 Å². The number of ether oxygens (including phenoxy) is 2. The van der Waals surface area contributed by atoms with Crippen molar-refractivity contribution in [2.75, 3.05) is 36.8 Å². The van der Waals surface area contributed by atoms with E-state index >= 15 is 0 Å². The zero-order valence-corrected chi connectivity index (χ0v) is 12.6. The highest BCUT2D eigenvalue weighted by molar-refractivity contribution is 7.92. The summed E-state index contributed by atoms with van der Waals surface area (Å²) in [6, 6.07) is 5.11. The van der Waals surface area contributed by atoms with Crippen LogP contribution in [0.5, 0.6) is 11.5 Å². The third-order valence-corrected chi connectivity index (χ3v) is 5.19. The fourth-order valence-electron chi connectivity index (χ4n) is 2.69. The largest absolute Gasteiger partial charge is 0.486 e. The summed E-state index contributed by atoms with van der Waals surface area (Å²) in [7, 11) is -3.33. The van der Waals surface area contributed by atoms with E-state index in [1.807, 2.05) is 0 Å². The first-order valence-electron chi connectivity index (χ1n) is 7.23. The maximum absolute atomic E-state index is 12.2. The molecule has 0 radical (unpaired) electrons. The van der Waals surface area contributed by atoms with E-state index < -0.39 is 10.0 Å². The van der Waals surface area contributed by atoms with Gasteiger partial charge in [-0.25, -0.2) is 8.42 Å². The smallest absolute Gasteiger partial charge is 0.232 e. The lowest BCUT2D eigenvalue weighted by atomic mass is 10.0. The minimum Gasteiger partial charge on any atom is -0.486 e. The average molecular weight is 312 g/mol. The first-order chi connectivity index (χ1) is 10.1. The summed E-state index contributed by atoms with van der Waals surface area (Å²) in [5, 5.41) is 3.24. The summed E-state index contributed by atoms with van der Waals surface area (Å²) >= 11 is 0. The van der Waals surface area contributed by atoms with E-state index in [9.17, 15) is 8.42 Å². The van der Waals surface area contributed by atoms with Gasteiger partial charge in [-0.3, -0.25) is 4.72 Å². The van der Waals surface area contributed by atoms with Crippen LogP contribution in [-0.4, -0.2) is 40.5 Å². The van der Waals surface area contributed by atoms with Crippen molar-refractivity contribution in [2.24, 2.45) is 5.92 Å². The second-order valence-corrected chi connectivity index (χ2v) is 7.20. The second kappa shape index (κ2) is 6.11. The number of piperidine rings is 1. The molecule has 0 aliphatic carbocycles. The topological polar surface area (TPSA) is 76.7 Å². The number of sulfonamides is 1. The number of hydrogen-bond donors (Lipinski definition) is 2. The van der Waals surface area contributed by atoms with Gasteiger partial charge in [-0.05, 0) is 44.0 Å². The number of rotatable bonds is 4. The van der Waals surface area contributed by atoms with E-state index in [0.29, 0.717) is 30.4 Å². The maximum Gasteiger partial charge on any atom is 0.232 e. The van der Waals surface area contributed by atoms with Crippen LogP contribution in [0.3, 0.4) is 0 Å². The molecule has 0 bridgehead atoms. The first-order valence-corrected chi connectivity index (χ1v) is 8.88. The van der Waals surface area contributed by atoms with Crippen LogP contribution in [0.4, 0.5) is 5.69 Å². The Balaban J connectivity index is 1.67. The van der Waals surface area contributed by atoms with Gasteiger partial charge in [-0.2, -0.15) is 0 Å². The standard InChI is InChI=1S/C14H20N2O4S/c17-21(18,10-11-3-5-15-6-4-11)16-12-1-2-13-14(9-12)20-8-7-19-13/h1-2,9,11,15-16H,3-8,10H2. The molecule has 1 fully saturated rings. The van der Waals surface area contributed by atoms with Crippen molar-refractivity contribution in [3.05, 3.63) is 18.2 Å². The predicted molar refractivity (Wildman–Crippen MR) is 80.4 cm³/mol. The van der Waals surface area contributed by atoms with Gasteiger partial charge in [-0.1, -0.05) is 0 Å². The predicted octanol–water partition coefficient (Wildman–Crippen LogP) is 1.20. The van der Waals surface area contributed by atoms with Gasteiger partial charge in [0, 0.05) is 6.07 Å². The summed E-state index contributed by atoms with van der Waals surface area (Å²) in [6.45, 7) is 2.79. The lowest BCUT2D eigenvalue weighted by Gasteiger charge is -2.23. The van der Waals surface area contributed by atoms with Crippen LogP contribution in [0.1, 0.15) is 12.8 Å². The maximum atomic E-state index is 12.2. The van der Waals surface area contributed by atoms with E-state index in [4.69, 9.17) is 9.47 Å². The molecule has 0 spiro atoms. The third kappa shape index (κ3) is 3.79. The molecule has 0 saturated carbocycles. The van der Waals surface area contributed by atoms with Crippen molar-refractivity contribution in [2.45, 2.75) is 12.8 Å². The fourth-order valence-corrected chi connectivity index (χ4v) is 4.21. The number of nitrogens with one attached hydrogen (secondary N) is 2. The Bertz CT molecular complexity index is 597. The molecule has 1 aromatic carbocycles. The lowest BCUT2D eigenvalue weighted by molar-refractivity contribution is 0.171. The van der Waals surface area contributed by atoms with Gasteiger partial charge < -0.3 is 14.8 Å². The first kappa shape index (κ1) is 14.5. The Hall–Kier alpha value is -1.47. The van der Waals surface area contributed by atoms with Crippen LogP contribution >= 0.6 is 0 Å². The van der Waals surface area contributed by atoms with Gasteiger partial charge in [0.15, 0.2) is 11.5 Å². The minimum absolute atomic E-state index is 0.170. The Morgan fingerprint density at radius 1 is 1.14 bits per heavy atom. The zero-order chi connectivity index (χ0) is 14.7. The second-order valence-electron chi connectivity index (χ2n) is 5.44. The quantitative estimate of drug-likeness (QED) is 0.873. The summed E-state index contributed by atoms with van der Waals surface area (Å²) in [4.78, 5) is 0. The van der Waals surface area contributed by atoms with E-state index in [0.717, 1.165) is 25.9 Å². The van der Waals surface area contributed by atoms with Crippen LogP contribution in [-0.2, 0) is 10.0 Å². The monoisotopic (exact) mass is 312 g/mol. The van der Waals surface area contributed by atoms with Crippen molar-refractivity contribution in [3.63, 3.8) is 0 Å². The molecule has 0 unspecified atom stereocenters. The molecular formula is C14H20N2O4S. The highest BCUT2D eigenvalue weighted by Gasteiger charge is 2.22. The summed E-state index contributed by atoms with van der Waals surface area (Å²) in [5.41, 5.74) is 0.521. The summed E-state index contributed by atoms with van der Waals surface area (Å²) < 4.78 is 38.0. The summed E-state index contributed by atoms with van der Waals surface area (Å²) in [6.07, 6.45) is 1.81. The molecule has 7 heteroatoms. The van der Waals surface area contributed by atoms with Gasteiger partial charge in [0.05, 0.1) is 11.4 Å². The minimum atomic E-state index is -3.33. The highest BCUT2D eigenvalue weighted by Crippen LogP contribution is 2.33.